The average Bonchev–Trinajstić information content (AvgIpc) is 3.12. The second-order valence-electron chi connectivity index (χ2n) is 6.80. The second-order valence-corrected chi connectivity index (χ2v) is 6.80. The summed E-state index contributed by atoms with van der Waals surface area (Å²) < 4.78 is 5.50. The van der Waals surface area contributed by atoms with Gasteiger partial charge in [0.2, 0.25) is 0 Å². The summed E-state index contributed by atoms with van der Waals surface area (Å²) in [7, 11) is 0. The van der Waals surface area contributed by atoms with Crippen LogP contribution in [0, 0.1) is 5.92 Å². The fourth-order valence-electron chi connectivity index (χ4n) is 4.49. The molecule has 4 atom stereocenters. The molecular weight excluding hydrogens is 268 g/mol. The maximum absolute atomic E-state index is 11.5. The summed E-state index contributed by atoms with van der Waals surface area (Å²) >= 11 is 0. The van der Waals surface area contributed by atoms with Crippen molar-refractivity contribution in [3.8, 4) is 0 Å². The molecule has 3 saturated heterocycles. The number of nitrogens with zero attached hydrogens (tertiary/aromatic N) is 2. The number of rotatable bonds is 5. The van der Waals surface area contributed by atoms with Gasteiger partial charge in [0.25, 0.3) is 0 Å². The second kappa shape index (κ2) is 6.63. The van der Waals surface area contributed by atoms with Gasteiger partial charge in [-0.25, -0.2) is 0 Å². The Labute approximate surface area is 127 Å². The van der Waals surface area contributed by atoms with Gasteiger partial charge in [0.05, 0.1) is 19.1 Å². The summed E-state index contributed by atoms with van der Waals surface area (Å²) in [4.78, 5) is 16.6. The number of carboxylic acids is 1. The van der Waals surface area contributed by atoms with E-state index in [0.717, 1.165) is 19.0 Å². The summed E-state index contributed by atoms with van der Waals surface area (Å²) in [6, 6.07) is 1.34. The van der Waals surface area contributed by atoms with Crippen LogP contribution in [0.15, 0.2) is 0 Å². The average molecular weight is 296 g/mol. The van der Waals surface area contributed by atoms with Crippen LogP contribution in [0.5, 0.6) is 0 Å². The normalized spacial score (nSPS) is 37.0. The van der Waals surface area contributed by atoms with Crippen molar-refractivity contribution >= 4 is 5.97 Å². The van der Waals surface area contributed by atoms with Gasteiger partial charge in [0.1, 0.15) is 0 Å². The largest absolute Gasteiger partial charge is 0.481 e. The highest BCUT2D eigenvalue weighted by atomic mass is 16.5. The molecule has 21 heavy (non-hydrogen) atoms. The van der Waals surface area contributed by atoms with Gasteiger partial charge in [-0.1, -0.05) is 6.92 Å². The molecule has 5 heteroatoms. The zero-order chi connectivity index (χ0) is 14.8. The molecule has 0 aliphatic carbocycles. The van der Waals surface area contributed by atoms with E-state index in [4.69, 9.17) is 4.74 Å². The van der Waals surface area contributed by atoms with E-state index in [2.05, 4.69) is 16.7 Å². The summed E-state index contributed by atoms with van der Waals surface area (Å²) in [5, 5.41) is 9.43. The first-order valence-corrected chi connectivity index (χ1v) is 8.51. The van der Waals surface area contributed by atoms with Crippen LogP contribution in [-0.2, 0) is 9.53 Å². The molecule has 0 amide bonds. The number of carboxylic acid groups (broad SMARTS) is 1. The maximum Gasteiger partial charge on any atom is 0.310 e. The van der Waals surface area contributed by atoms with E-state index in [0.29, 0.717) is 19.3 Å². The summed E-state index contributed by atoms with van der Waals surface area (Å²) in [5.74, 6) is -1.05. The molecule has 0 aromatic carbocycles. The van der Waals surface area contributed by atoms with Crippen LogP contribution in [0.3, 0.4) is 0 Å². The first-order chi connectivity index (χ1) is 10.2. The molecule has 3 heterocycles. The van der Waals surface area contributed by atoms with E-state index in [9.17, 15) is 9.90 Å². The standard InChI is InChI=1S/C16H28N2O3/c1-2-6-18(15-11-21-10-14(15)16(19)20)13-5-8-17-7-3-4-12(17)9-13/h12-15H,2-11H2,1H3,(H,19,20). The zero-order valence-electron chi connectivity index (χ0n) is 13.0. The Hall–Kier alpha value is -0.650. The minimum atomic E-state index is -0.697. The quantitative estimate of drug-likeness (QED) is 0.831. The maximum atomic E-state index is 11.5. The minimum Gasteiger partial charge on any atom is -0.481 e. The fourth-order valence-corrected chi connectivity index (χ4v) is 4.49. The number of piperidine rings is 1. The van der Waals surface area contributed by atoms with Gasteiger partial charge in [-0.05, 0) is 51.7 Å². The lowest BCUT2D eigenvalue weighted by molar-refractivity contribution is -0.143. The fraction of sp³-hybridized carbons (Fsp3) is 0.938. The lowest BCUT2D eigenvalue weighted by Crippen LogP contribution is -2.54. The number of hydrogen-bond donors (Lipinski definition) is 1. The summed E-state index contributed by atoms with van der Waals surface area (Å²) in [5.41, 5.74) is 0. The van der Waals surface area contributed by atoms with Crippen molar-refractivity contribution in [3.05, 3.63) is 0 Å². The Morgan fingerprint density at radius 1 is 1.33 bits per heavy atom. The van der Waals surface area contributed by atoms with E-state index in [1.807, 2.05) is 0 Å². The molecule has 0 aromatic heterocycles. The third kappa shape index (κ3) is 3.10. The highest BCUT2D eigenvalue weighted by molar-refractivity contribution is 5.71. The van der Waals surface area contributed by atoms with Gasteiger partial charge in [-0.2, -0.15) is 0 Å². The Morgan fingerprint density at radius 2 is 2.19 bits per heavy atom. The van der Waals surface area contributed by atoms with Crippen LogP contribution in [0.1, 0.15) is 39.0 Å². The van der Waals surface area contributed by atoms with Crippen LogP contribution < -0.4 is 0 Å². The molecule has 120 valence electrons. The smallest absolute Gasteiger partial charge is 0.310 e. The van der Waals surface area contributed by atoms with Gasteiger partial charge in [0.15, 0.2) is 0 Å². The molecule has 1 N–H and O–H groups in total. The molecule has 3 fully saturated rings. The van der Waals surface area contributed by atoms with E-state index in [1.165, 1.54) is 38.8 Å². The van der Waals surface area contributed by atoms with Crippen LogP contribution >= 0.6 is 0 Å². The summed E-state index contributed by atoms with van der Waals surface area (Å²) in [6.45, 7) is 6.58. The minimum absolute atomic E-state index is 0.0698. The van der Waals surface area contributed by atoms with Crippen molar-refractivity contribution in [3.63, 3.8) is 0 Å². The predicted octanol–water partition coefficient (Wildman–Crippen LogP) is 1.42. The van der Waals surface area contributed by atoms with Crippen molar-refractivity contribution in [1.82, 2.24) is 9.80 Å². The molecule has 3 rings (SSSR count). The number of ether oxygens (including phenoxy) is 1. The monoisotopic (exact) mass is 296 g/mol. The molecule has 4 unspecified atom stereocenters. The van der Waals surface area contributed by atoms with Gasteiger partial charge < -0.3 is 14.7 Å². The van der Waals surface area contributed by atoms with E-state index >= 15 is 0 Å². The molecule has 3 aliphatic heterocycles. The highest BCUT2D eigenvalue weighted by Gasteiger charge is 2.42. The van der Waals surface area contributed by atoms with Gasteiger partial charge in [-0.3, -0.25) is 9.69 Å². The molecule has 0 radical (unpaired) electrons. The Kier molecular flexibility index (Phi) is 4.82. The number of fused-ring (bicyclic) bond motifs is 1. The van der Waals surface area contributed by atoms with E-state index < -0.39 is 5.97 Å². The van der Waals surface area contributed by atoms with Gasteiger partial charge >= 0.3 is 5.97 Å². The van der Waals surface area contributed by atoms with Crippen molar-refractivity contribution < 1.29 is 14.6 Å². The van der Waals surface area contributed by atoms with Crippen molar-refractivity contribution in [2.24, 2.45) is 5.92 Å². The van der Waals surface area contributed by atoms with Crippen LogP contribution in [-0.4, -0.2) is 71.8 Å². The number of aliphatic carboxylic acids is 1. The molecule has 0 saturated carbocycles. The van der Waals surface area contributed by atoms with E-state index in [-0.39, 0.29) is 12.0 Å². The molecule has 5 nitrogen and oxygen atoms in total. The number of hydrogen-bond acceptors (Lipinski definition) is 4. The van der Waals surface area contributed by atoms with Gasteiger partial charge in [-0.15, -0.1) is 0 Å². The first kappa shape index (κ1) is 15.3. The first-order valence-electron chi connectivity index (χ1n) is 8.51. The molecule has 3 aliphatic rings. The van der Waals surface area contributed by atoms with Crippen LogP contribution in [0.2, 0.25) is 0 Å². The van der Waals surface area contributed by atoms with Crippen molar-refractivity contribution in [1.29, 1.82) is 0 Å². The summed E-state index contributed by atoms with van der Waals surface area (Å²) in [6.07, 6.45) is 6.12. The highest BCUT2D eigenvalue weighted by Crippen LogP contribution is 2.32. The van der Waals surface area contributed by atoms with Crippen LogP contribution in [0.25, 0.3) is 0 Å². The van der Waals surface area contributed by atoms with Crippen molar-refractivity contribution in [2.45, 2.75) is 57.2 Å². The third-order valence-electron chi connectivity index (χ3n) is 5.54. The predicted molar refractivity (Wildman–Crippen MR) is 80.3 cm³/mol. The number of carbonyl (C=O) groups is 1. The van der Waals surface area contributed by atoms with Gasteiger partial charge in [0, 0.05) is 18.1 Å². The van der Waals surface area contributed by atoms with Crippen LogP contribution in [0.4, 0.5) is 0 Å². The Morgan fingerprint density at radius 3 is 2.95 bits per heavy atom. The zero-order valence-corrected chi connectivity index (χ0v) is 13.0. The van der Waals surface area contributed by atoms with E-state index in [1.54, 1.807) is 0 Å². The topological polar surface area (TPSA) is 53.0 Å². The third-order valence-corrected chi connectivity index (χ3v) is 5.54. The lowest BCUT2D eigenvalue weighted by Gasteiger charge is -2.43. The molecule has 0 bridgehead atoms. The Balaban J connectivity index is 1.70. The molecule has 0 spiro atoms. The van der Waals surface area contributed by atoms with Crippen molar-refractivity contribution in [2.75, 3.05) is 32.8 Å². The molecular formula is C16H28N2O3. The molecule has 0 aromatic rings. The Bertz CT molecular complexity index is 377. The SMILES string of the molecule is CCCN(C1CCN2CCCC2C1)C1COCC1C(=O)O. The lowest BCUT2D eigenvalue weighted by atomic mass is 9.92.